The maximum atomic E-state index is 13.6. The summed E-state index contributed by atoms with van der Waals surface area (Å²) in [7, 11) is -3.77. The first-order valence-electron chi connectivity index (χ1n) is 5.85. The summed E-state index contributed by atoms with van der Waals surface area (Å²) in [6.45, 7) is 3.42. The molecule has 0 aliphatic heterocycles. The summed E-state index contributed by atoms with van der Waals surface area (Å²) in [6.07, 6.45) is 0. The van der Waals surface area contributed by atoms with Gasteiger partial charge < -0.3 is 4.74 Å². The van der Waals surface area contributed by atoms with E-state index in [-0.39, 0.29) is 10.6 Å². The Morgan fingerprint density at radius 2 is 1.80 bits per heavy atom. The number of sulfonamides is 1. The van der Waals surface area contributed by atoms with Gasteiger partial charge in [0, 0.05) is 0 Å². The molecule has 0 aliphatic carbocycles. The molecule has 2 aromatic rings. The Bertz CT molecular complexity index is 757. The lowest BCUT2D eigenvalue weighted by molar-refractivity contribution is 0.441. The van der Waals surface area contributed by atoms with Crippen LogP contribution in [-0.4, -0.2) is 8.42 Å². The highest BCUT2D eigenvalue weighted by Crippen LogP contribution is 2.27. The summed E-state index contributed by atoms with van der Waals surface area (Å²) < 4.78 is 41.6. The lowest BCUT2D eigenvalue weighted by Gasteiger charge is -2.10. The number of aryl methyl sites for hydroxylation is 2. The Morgan fingerprint density at radius 1 is 1.10 bits per heavy atom. The number of rotatable bonds is 3. The third-order valence-corrected chi connectivity index (χ3v) is 3.84. The van der Waals surface area contributed by atoms with Crippen molar-refractivity contribution in [2.75, 3.05) is 0 Å². The van der Waals surface area contributed by atoms with Gasteiger partial charge in [0.1, 0.15) is 5.75 Å². The summed E-state index contributed by atoms with van der Waals surface area (Å²) in [5.41, 5.74) is 1.30. The van der Waals surface area contributed by atoms with Crippen LogP contribution in [-0.2, 0) is 10.0 Å². The van der Waals surface area contributed by atoms with Crippen LogP contribution in [0.1, 0.15) is 11.1 Å². The second-order valence-corrected chi connectivity index (χ2v) is 6.04. The number of nitrogens with two attached hydrogens (primary N) is 1. The van der Waals surface area contributed by atoms with Gasteiger partial charge in [-0.15, -0.1) is 0 Å². The van der Waals surface area contributed by atoms with Crippen LogP contribution in [0.15, 0.2) is 41.3 Å². The van der Waals surface area contributed by atoms with Crippen molar-refractivity contribution in [3.05, 3.63) is 53.3 Å². The third kappa shape index (κ3) is 3.15. The van der Waals surface area contributed by atoms with E-state index in [1.165, 1.54) is 24.3 Å². The van der Waals surface area contributed by atoms with Crippen molar-refractivity contribution in [3.63, 3.8) is 0 Å². The fourth-order valence-electron chi connectivity index (χ4n) is 1.82. The SMILES string of the molecule is Cc1ccc(F)c(Oc2ccc(S(N)(=O)=O)c(C)c2)c1. The van der Waals surface area contributed by atoms with E-state index in [4.69, 9.17) is 9.88 Å². The maximum absolute atomic E-state index is 13.6. The van der Waals surface area contributed by atoms with Gasteiger partial charge in [0.2, 0.25) is 10.0 Å². The quantitative estimate of drug-likeness (QED) is 0.946. The second kappa shape index (κ2) is 5.22. The minimum Gasteiger partial charge on any atom is -0.454 e. The zero-order valence-corrected chi connectivity index (χ0v) is 11.9. The van der Waals surface area contributed by atoms with Crippen molar-refractivity contribution >= 4 is 10.0 Å². The molecule has 6 heteroatoms. The van der Waals surface area contributed by atoms with Gasteiger partial charge in [0.05, 0.1) is 4.90 Å². The van der Waals surface area contributed by atoms with E-state index in [9.17, 15) is 12.8 Å². The van der Waals surface area contributed by atoms with Crippen molar-refractivity contribution in [1.82, 2.24) is 0 Å². The predicted molar refractivity (Wildman–Crippen MR) is 73.8 cm³/mol. The molecule has 0 spiro atoms. The van der Waals surface area contributed by atoms with Gasteiger partial charge in [-0.3, -0.25) is 0 Å². The van der Waals surface area contributed by atoms with Crippen LogP contribution in [0.2, 0.25) is 0 Å². The highest BCUT2D eigenvalue weighted by atomic mass is 32.2. The van der Waals surface area contributed by atoms with E-state index in [0.29, 0.717) is 11.3 Å². The standard InChI is InChI=1S/C14H14FNO3S/c1-9-3-5-12(15)13(7-9)19-11-4-6-14(10(2)8-11)20(16,17)18/h3-8H,1-2H3,(H2,16,17,18). The average molecular weight is 295 g/mol. The Hall–Kier alpha value is -1.92. The fraction of sp³-hybridized carbons (Fsp3) is 0.143. The average Bonchev–Trinajstić information content (AvgIpc) is 2.32. The molecule has 2 rings (SSSR count). The summed E-state index contributed by atoms with van der Waals surface area (Å²) >= 11 is 0. The van der Waals surface area contributed by atoms with E-state index in [1.807, 2.05) is 6.92 Å². The number of hydrogen-bond acceptors (Lipinski definition) is 3. The Morgan fingerprint density at radius 3 is 2.40 bits per heavy atom. The molecule has 0 radical (unpaired) electrons. The van der Waals surface area contributed by atoms with E-state index in [2.05, 4.69) is 0 Å². The van der Waals surface area contributed by atoms with Gasteiger partial charge >= 0.3 is 0 Å². The molecule has 20 heavy (non-hydrogen) atoms. The molecule has 0 amide bonds. The maximum Gasteiger partial charge on any atom is 0.238 e. The summed E-state index contributed by atoms with van der Waals surface area (Å²) in [5.74, 6) is -0.0454. The number of benzene rings is 2. The number of hydrogen-bond donors (Lipinski definition) is 1. The Labute approximate surface area is 117 Å². The molecule has 106 valence electrons. The van der Waals surface area contributed by atoms with Gasteiger partial charge in [0.25, 0.3) is 0 Å². The van der Waals surface area contributed by atoms with Crippen LogP contribution in [0.3, 0.4) is 0 Å². The summed E-state index contributed by atoms with van der Waals surface area (Å²) in [5, 5.41) is 5.08. The minimum absolute atomic E-state index is 0.0227. The van der Waals surface area contributed by atoms with Gasteiger partial charge in [-0.25, -0.2) is 17.9 Å². The van der Waals surface area contributed by atoms with Crippen LogP contribution in [0, 0.1) is 19.7 Å². The lowest BCUT2D eigenvalue weighted by atomic mass is 10.2. The Kier molecular flexibility index (Phi) is 3.78. The second-order valence-electron chi connectivity index (χ2n) is 4.51. The first-order chi connectivity index (χ1) is 9.27. The highest BCUT2D eigenvalue weighted by molar-refractivity contribution is 7.89. The van der Waals surface area contributed by atoms with Gasteiger partial charge in [0.15, 0.2) is 11.6 Å². The van der Waals surface area contributed by atoms with Crippen molar-refractivity contribution in [2.24, 2.45) is 5.14 Å². The first kappa shape index (κ1) is 14.5. The monoisotopic (exact) mass is 295 g/mol. The van der Waals surface area contributed by atoms with Crippen molar-refractivity contribution < 1.29 is 17.5 Å². The van der Waals surface area contributed by atoms with Crippen molar-refractivity contribution in [1.29, 1.82) is 0 Å². The normalized spacial score (nSPS) is 11.4. The number of primary sulfonamides is 1. The molecule has 0 fully saturated rings. The third-order valence-electron chi connectivity index (χ3n) is 2.77. The largest absolute Gasteiger partial charge is 0.454 e. The zero-order chi connectivity index (χ0) is 14.9. The van der Waals surface area contributed by atoms with Crippen LogP contribution < -0.4 is 9.88 Å². The molecule has 0 aromatic heterocycles. The molecule has 0 aliphatic rings. The van der Waals surface area contributed by atoms with Crippen molar-refractivity contribution in [2.45, 2.75) is 18.7 Å². The first-order valence-corrected chi connectivity index (χ1v) is 7.39. The van der Waals surface area contributed by atoms with Gasteiger partial charge in [-0.1, -0.05) is 6.07 Å². The molecule has 0 heterocycles. The Balaban J connectivity index is 2.36. The lowest BCUT2D eigenvalue weighted by Crippen LogP contribution is -2.13. The molecule has 0 saturated carbocycles. The highest BCUT2D eigenvalue weighted by Gasteiger charge is 2.13. The fourth-order valence-corrected chi connectivity index (χ4v) is 2.59. The van der Waals surface area contributed by atoms with E-state index in [1.54, 1.807) is 19.1 Å². The molecular weight excluding hydrogens is 281 g/mol. The molecule has 4 nitrogen and oxygen atoms in total. The molecule has 0 atom stereocenters. The number of halogens is 1. The van der Waals surface area contributed by atoms with E-state index < -0.39 is 15.8 Å². The molecule has 2 N–H and O–H groups in total. The molecular formula is C14H14FNO3S. The predicted octanol–water partition coefficient (Wildman–Crippen LogP) is 2.88. The molecule has 0 unspecified atom stereocenters. The minimum atomic E-state index is -3.77. The summed E-state index contributed by atoms with van der Waals surface area (Å²) in [4.78, 5) is 0.0227. The molecule has 0 bridgehead atoms. The smallest absolute Gasteiger partial charge is 0.238 e. The van der Waals surface area contributed by atoms with Gasteiger partial charge in [-0.2, -0.15) is 0 Å². The van der Waals surface area contributed by atoms with E-state index in [0.717, 1.165) is 5.56 Å². The van der Waals surface area contributed by atoms with Crippen LogP contribution in [0.25, 0.3) is 0 Å². The van der Waals surface area contributed by atoms with Crippen LogP contribution in [0.4, 0.5) is 4.39 Å². The van der Waals surface area contributed by atoms with E-state index >= 15 is 0 Å². The summed E-state index contributed by atoms with van der Waals surface area (Å²) in [6, 6.07) is 8.80. The van der Waals surface area contributed by atoms with Gasteiger partial charge in [-0.05, 0) is 55.3 Å². The van der Waals surface area contributed by atoms with Crippen LogP contribution in [0.5, 0.6) is 11.5 Å². The topological polar surface area (TPSA) is 69.4 Å². The van der Waals surface area contributed by atoms with Crippen molar-refractivity contribution in [3.8, 4) is 11.5 Å². The number of ether oxygens (including phenoxy) is 1. The molecule has 0 saturated heterocycles. The zero-order valence-electron chi connectivity index (χ0n) is 11.1. The van der Waals surface area contributed by atoms with Crippen LogP contribution >= 0.6 is 0 Å². The molecule has 2 aromatic carbocycles.